The van der Waals surface area contributed by atoms with Gasteiger partial charge in [-0.1, -0.05) is 0 Å². The van der Waals surface area contributed by atoms with Gasteiger partial charge in [-0.25, -0.2) is 0 Å². The summed E-state index contributed by atoms with van der Waals surface area (Å²) in [5, 5.41) is 70.6. The Morgan fingerprint density at radius 2 is 1.34 bits per heavy atom. The van der Waals surface area contributed by atoms with Crippen LogP contribution in [0.4, 0.5) is 0 Å². The number of hydrogen-bond donors (Lipinski definition) is 10. The maximum Gasteiger partial charge on any atom is 0.187 e. The minimum Gasteiger partial charge on any atom is -0.394 e. The molecule has 0 radical (unpaired) electrons. The van der Waals surface area contributed by atoms with E-state index in [1.165, 1.54) is 0 Å². The van der Waals surface area contributed by atoms with Gasteiger partial charge >= 0.3 is 0 Å². The van der Waals surface area contributed by atoms with Gasteiger partial charge in [-0.3, -0.25) is 0 Å². The molecule has 14 nitrogen and oxygen atoms in total. The lowest BCUT2D eigenvalue weighted by atomic mass is 9.87. The van der Waals surface area contributed by atoms with Crippen molar-refractivity contribution in [2.75, 3.05) is 13.2 Å². The molecular formula is C18H35N3O11. The zero-order chi connectivity index (χ0) is 23.7. The third-order valence-electron chi connectivity index (χ3n) is 6.36. The molecule has 14 heteroatoms. The Balaban J connectivity index is 1.67. The Kier molecular flexibility index (Phi) is 8.79. The lowest BCUT2D eigenvalue weighted by molar-refractivity contribution is -0.330. The summed E-state index contributed by atoms with van der Waals surface area (Å²) in [5.74, 6) is 0. The van der Waals surface area contributed by atoms with Crippen molar-refractivity contribution in [3.05, 3.63) is 0 Å². The van der Waals surface area contributed by atoms with Gasteiger partial charge in [0.15, 0.2) is 12.6 Å². The molecule has 0 aromatic carbocycles. The third kappa shape index (κ3) is 5.08. The lowest BCUT2D eigenvalue weighted by Crippen LogP contribution is -2.65. The standard InChI is InChI=1S/C18H35N3O11/c19-3-7-11(24)14(27)15(28)18(30-7)29-6-2-1-5(20)16(12(6)25)32-17-13(26)9(21)10(23)8(4-22)31-17/h5-18,22-28H,1-4,19-21H2. The largest absolute Gasteiger partial charge is 0.394 e. The topological polar surface area (TPSA) is 257 Å². The van der Waals surface area contributed by atoms with Gasteiger partial charge in [0.1, 0.15) is 54.9 Å². The molecule has 3 fully saturated rings. The Morgan fingerprint density at radius 1 is 0.719 bits per heavy atom. The van der Waals surface area contributed by atoms with E-state index >= 15 is 0 Å². The fourth-order valence-corrected chi connectivity index (χ4v) is 4.27. The van der Waals surface area contributed by atoms with E-state index < -0.39 is 92.3 Å². The van der Waals surface area contributed by atoms with Crippen LogP contribution in [0, 0.1) is 0 Å². The van der Waals surface area contributed by atoms with Crippen LogP contribution < -0.4 is 17.2 Å². The van der Waals surface area contributed by atoms with E-state index in [-0.39, 0.29) is 13.0 Å². The SMILES string of the molecule is NCC1OC(OC2CCC(N)C(OC3OC(CO)C(O)C(N)C3O)C2O)C(O)C(O)C1O. The number of hydrogen-bond acceptors (Lipinski definition) is 14. The maximum atomic E-state index is 10.8. The molecule has 14 unspecified atom stereocenters. The second-order valence-corrected chi connectivity index (χ2v) is 8.54. The van der Waals surface area contributed by atoms with E-state index in [1.807, 2.05) is 0 Å². The van der Waals surface area contributed by atoms with Gasteiger partial charge in [-0.15, -0.1) is 0 Å². The molecule has 1 saturated carbocycles. The molecule has 0 amide bonds. The van der Waals surface area contributed by atoms with Crippen LogP contribution in [-0.4, -0.2) is 135 Å². The van der Waals surface area contributed by atoms with Crippen LogP contribution in [0.2, 0.25) is 0 Å². The minimum atomic E-state index is -1.59. The molecule has 1 aliphatic carbocycles. The van der Waals surface area contributed by atoms with Crippen molar-refractivity contribution in [3.63, 3.8) is 0 Å². The van der Waals surface area contributed by atoms with Gasteiger partial charge in [-0.05, 0) is 12.8 Å². The third-order valence-corrected chi connectivity index (χ3v) is 6.36. The van der Waals surface area contributed by atoms with Gasteiger partial charge in [0.25, 0.3) is 0 Å². The van der Waals surface area contributed by atoms with Crippen LogP contribution in [0.1, 0.15) is 12.8 Å². The fourth-order valence-electron chi connectivity index (χ4n) is 4.27. The van der Waals surface area contributed by atoms with E-state index in [0.717, 1.165) is 0 Å². The second kappa shape index (κ2) is 10.8. The van der Waals surface area contributed by atoms with Crippen LogP contribution in [0.5, 0.6) is 0 Å². The van der Waals surface area contributed by atoms with E-state index in [1.54, 1.807) is 0 Å². The summed E-state index contributed by atoms with van der Waals surface area (Å²) in [6, 6.07) is -1.85. The highest BCUT2D eigenvalue weighted by Crippen LogP contribution is 2.31. The van der Waals surface area contributed by atoms with Crippen molar-refractivity contribution in [1.82, 2.24) is 0 Å². The van der Waals surface area contributed by atoms with Gasteiger partial charge < -0.3 is 71.9 Å². The monoisotopic (exact) mass is 469 g/mol. The van der Waals surface area contributed by atoms with Crippen LogP contribution in [0.25, 0.3) is 0 Å². The highest BCUT2D eigenvalue weighted by Gasteiger charge is 2.49. The summed E-state index contributed by atoms with van der Waals surface area (Å²) >= 11 is 0. The number of rotatable bonds is 6. The molecule has 2 heterocycles. The van der Waals surface area contributed by atoms with Gasteiger partial charge in [0, 0.05) is 12.6 Å². The highest BCUT2D eigenvalue weighted by atomic mass is 16.7. The van der Waals surface area contributed by atoms with E-state index in [2.05, 4.69) is 0 Å². The van der Waals surface area contributed by atoms with Crippen molar-refractivity contribution in [2.45, 2.75) is 98.5 Å². The van der Waals surface area contributed by atoms with Crippen LogP contribution >= 0.6 is 0 Å². The molecule has 0 spiro atoms. The van der Waals surface area contributed by atoms with Crippen LogP contribution in [-0.2, 0) is 18.9 Å². The maximum absolute atomic E-state index is 10.8. The predicted molar refractivity (Wildman–Crippen MR) is 104 cm³/mol. The molecule has 2 aliphatic heterocycles. The second-order valence-electron chi connectivity index (χ2n) is 8.54. The molecule has 0 aromatic rings. The summed E-state index contributed by atoms with van der Waals surface area (Å²) < 4.78 is 22.2. The van der Waals surface area contributed by atoms with Crippen molar-refractivity contribution in [2.24, 2.45) is 17.2 Å². The van der Waals surface area contributed by atoms with Crippen molar-refractivity contribution >= 4 is 0 Å². The van der Waals surface area contributed by atoms with E-state index in [9.17, 15) is 35.7 Å². The minimum absolute atomic E-state index is 0.135. The zero-order valence-electron chi connectivity index (χ0n) is 17.4. The first-order valence-electron chi connectivity index (χ1n) is 10.6. The zero-order valence-corrected chi connectivity index (χ0v) is 17.4. The molecule has 14 atom stereocenters. The van der Waals surface area contributed by atoms with E-state index in [4.69, 9.17) is 36.1 Å². The summed E-state index contributed by atoms with van der Waals surface area (Å²) in [4.78, 5) is 0. The molecule has 3 aliphatic rings. The average Bonchev–Trinajstić information content (AvgIpc) is 2.78. The molecule has 188 valence electrons. The Labute approximate surface area is 184 Å². The average molecular weight is 469 g/mol. The predicted octanol–water partition coefficient (Wildman–Crippen LogP) is -6.23. The van der Waals surface area contributed by atoms with E-state index in [0.29, 0.717) is 6.42 Å². The van der Waals surface area contributed by atoms with Crippen LogP contribution in [0.15, 0.2) is 0 Å². The smallest absolute Gasteiger partial charge is 0.187 e. The van der Waals surface area contributed by atoms with Crippen LogP contribution in [0.3, 0.4) is 0 Å². The molecule has 13 N–H and O–H groups in total. The first-order chi connectivity index (χ1) is 15.1. The van der Waals surface area contributed by atoms with Crippen molar-refractivity contribution in [1.29, 1.82) is 0 Å². The first-order valence-corrected chi connectivity index (χ1v) is 10.6. The molecular weight excluding hydrogens is 434 g/mol. The Morgan fingerprint density at radius 3 is 1.97 bits per heavy atom. The number of nitrogens with two attached hydrogens (primary N) is 3. The molecule has 32 heavy (non-hydrogen) atoms. The fraction of sp³-hybridized carbons (Fsp3) is 1.00. The van der Waals surface area contributed by atoms with Crippen molar-refractivity contribution < 1.29 is 54.7 Å². The van der Waals surface area contributed by atoms with Gasteiger partial charge in [-0.2, -0.15) is 0 Å². The number of aliphatic hydroxyl groups excluding tert-OH is 7. The van der Waals surface area contributed by atoms with Gasteiger partial charge in [0.2, 0.25) is 0 Å². The lowest BCUT2D eigenvalue weighted by Gasteiger charge is -2.46. The Hall–Kier alpha value is -0.560. The summed E-state index contributed by atoms with van der Waals surface area (Å²) in [7, 11) is 0. The molecule has 2 saturated heterocycles. The Bertz CT molecular complexity index is 603. The highest BCUT2D eigenvalue weighted by molar-refractivity contribution is 4.97. The normalized spacial score (nSPS) is 52.7. The summed E-state index contributed by atoms with van der Waals surface area (Å²) in [6.07, 6.45) is -15.0. The summed E-state index contributed by atoms with van der Waals surface area (Å²) in [5.41, 5.74) is 17.4. The van der Waals surface area contributed by atoms with Crippen molar-refractivity contribution in [3.8, 4) is 0 Å². The molecule has 3 rings (SSSR count). The quantitative estimate of drug-likeness (QED) is 0.174. The number of aliphatic hydroxyl groups is 7. The number of ether oxygens (including phenoxy) is 4. The molecule has 0 bridgehead atoms. The van der Waals surface area contributed by atoms with Gasteiger partial charge in [0.05, 0.1) is 18.8 Å². The first kappa shape index (κ1) is 26.1. The summed E-state index contributed by atoms with van der Waals surface area (Å²) in [6.45, 7) is -0.705. The molecule has 0 aromatic heterocycles.